The molecule has 0 aliphatic carbocycles. The van der Waals surface area contributed by atoms with Gasteiger partial charge in [0.25, 0.3) is 5.91 Å². The van der Waals surface area contributed by atoms with E-state index in [0.29, 0.717) is 16.9 Å². The molecule has 0 bridgehead atoms. The zero-order valence-corrected chi connectivity index (χ0v) is 12.0. The number of amides is 1. The largest absolute Gasteiger partial charge is 0.397 e. The molecule has 0 radical (unpaired) electrons. The molecule has 5 N–H and O–H groups in total. The van der Waals surface area contributed by atoms with Gasteiger partial charge in [0, 0.05) is 4.47 Å². The highest BCUT2D eigenvalue weighted by atomic mass is 79.9. The number of halogens is 1. The molecule has 19 heavy (non-hydrogen) atoms. The van der Waals surface area contributed by atoms with Crippen LogP contribution < -0.4 is 16.8 Å². The number of nitrogens with one attached hydrogen (secondary N) is 1. The van der Waals surface area contributed by atoms with Crippen molar-refractivity contribution in [2.75, 3.05) is 11.1 Å². The van der Waals surface area contributed by atoms with Gasteiger partial charge >= 0.3 is 0 Å². The van der Waals surface area contributed by atoms with Gasteiger partial charge in [-0.05, 0) is 46.6 Å². The van der Waals surface area contributed by atoms with Crippen molar-refractivity contribution in [3.8, 4) is 0 Å². The maximum Gasteiger partial charge on any atom is 0.250 e. The van der Waals surface area contributed by atoms with Crippen LogP contribution in [0.25, 0.3) is 0 Å². The van der Waals surface area contributed by atoms with E-state index in [1.807, 2.05) is 25.1 Å². The van der Waals surface area contributed by atoms with Gasteiger partial charge < -0.3 is 16.8 Å². The molecule has 5 heteroatoms. The smallest absolute Gasteiger partial charge is 0.250 e. The Morgan fingerprint density at radius 2 is 1.89 bits per heavy atom. The lowest BCUT2D eigenvalue weighted by Gasteiger charge is -2.14. The van der Waals surface area contributed by atoms with Crippen LogP contribution >= 0.6 is 15.9 Å². The van der Waals surface area contributed by atoms with Crippen molar-refractivity contribution in [2.24, 2.45) is 5.73 Å². The molecule has 98 valence electrons. The van der Waals surface area contributed by atoms with Gasteiger partial charge in [-0.2, -0.15) is 0 Å². The van der Waals surface area contributed by atoms with Crippen LogP contribution in [0, 0.1) is 6.92 Å². The Hall–Kier alpha value is -2.01. The summed E-state index contributed by atoms with van der Waals surface area (Å²) in [6, 6.07) is 10.9. The van der Waals surface area contributed by atoms with Crippen molar-refractivity contribution in [3.05, 3.63) is 52.0 Å². The van der Waals surface area contributed by atoms with Gasteiger partial charge in [0.1, 0.15) is 0 Å². The molecule has 0 aromatic heterocycles. The Bertz CT molecular complexity index is 641. The van der Waals surface area contributed by atoms with Crippen LogP contribution in [-0.4, -0.2) is 5.91 Å². The number of anilines is 3. The van der Waals surface area contributed by atoms with Gasteiger partial charge in [-0.25, -0.2) is 0 Å². The summed E-state index contributed by atoms with van der Waals surface area (Å²) in [6.07, 6.45) is 0. The Labute approximate surface area is 119 Å². The first kappa shape index (κ1) is 13.4. The van der Waals surface area contributed by atoms with Crippen molar-refractivity contribution >= 4 is 38.9 Å². The van der Waals surface area contributed by atoms with Gasteiger partial charge in [0.15, 0.2) is 0 Å². The second kappa shape index (κ2) is 5.32. The first-order valence-corrected chi connectivity index (χ1v) is 6.50. The van der Waals surface area contributed by atoms with Gasteiger partial charge in [-0.1, -0.05) is 18.2 Å². The highest BCUT2D eigenvalue weighted by Crippen LogP contribution is 2.32. The molecule has 4 nitrogen and oxygen atoms in total. The zero-order valence-electron chi connectivity index (χ0n) is 10.4. The fourth-order valence-corrected chi connectivity index (χ4v) is 2.16. The van der Waals surface area contributed by atoms with Crippen LogP contribution in [0.15, 0.2) is 40.9 Å². The van der Waals surface area contributed by atoms with Crippen molar-refractivity contribution in [3.63, 3.8) is 0 Å². The highest BCUT2D eigenvalue weighted by molar-refractivity contribution is 9.10. The van der Waals surface area contributed by atoms with E-state index in [2.05, 4.69) is 21.2 Å². The molecule has 2 aromatic carbocycles. The van der Waals surface area contributed by atoms with Crippen molar-refractivity contribution in [1.82, 2.24) is 0 Å². The summed E-state index contributed by atoms with van der Waals surface area (Å²) in [6.45, 7) is 1.98. The first-order valence-electron chi connectivity index (χ1n) is 5.71. The molecular formula is C14H14BrN3O. The summed E-state index contributed by atoms with van der Waals surface area (Å²) < 4.78 is 0.925. The summed E-state index contributed by atoms with van der Waals surface area (Å²) in [5.41, 5.74) is 14.6. The number of aryl methyl sites for hydroxylation is 1. The Morgan fingerprint density at radius 3 is 2.58 bits per heavy atom. The lowest BCUT2D eigenvalue weighted by Crippen LogP contribution is -2.14. The quantitative estimate of drug-likeness (QED) is 0.760. The molecule has 2 aromatic rings. The predicted molar refractivity (Wildman–Crippen MR) is 81.5 cm³/mol. The topological polar surface area (TPSA) is 81.1 Å². The molecule has 0 saturated heterocycles. The third-order valence-electron chi connectivity index (χ3n) is 2.81. The SMILES string of the molecule is Cc1cccc(Nc2c(N)cccc2C(N)=O)c1Br. The maximum absolute atomic E-state index is 11.4. The fourth-order valence-electron chi connectivity index (χ4n) is 1.79. The lowest BCUT2D eigenvalue weighted by atomic mass is 10.1. The third-order valence-corrected chi connectivity index (χ3v) is 3.87. The standard InChI is InChI=1S/C14H14BrN3O/c1-8-4-2-7-11(12(8)15)18-13-9(14(17)19)5-3-6-10(13)16/h2-7,18H,16H2,1H3,(H2,17,19). The number of carbonyl (C=O) groups is 1. The number of hydrogen-bond acceptors (Lipinski definition) is 3. The normalized spacial score (nSPS) is 10.2. The zero-order chi connectivity index (χ0) is 14.0. The second-order valence-electron chi connectivity index (χ2n) is 4.20. The van der Waals surface area contributed by atoms with E-state index < -0.39 is 5.91 Å². The number of para-hydroxylation sites is 1. The van der Waals surface area contributed by atoms with Crippen LogP contribution in [0.3, 0.4) is 0 Å². The summed E-state index contributed by atoms with van der Waals surface area (Å²) in [5, 5.41) is 3.16. The lowest BCUT2D eigenvalue weighted by molar-refractivity contribution is 0.100. The van der Waals surface area contributed by atoms with E-state index in [1.54, 1.807) is 18.2 Å². The molecule has 0 aliphatic heterocycles. The molecule has 0 heterocycles. The number of benzene rings is 2. The molecular weight excluding hydrogens is 306 g/mol. The van der Waals surface area contributed by atoms with Crippen LogP contribution in [0.5, 0.6) is 0 Å². The van der Waals surface area contributed by atoms with Gasteiger partial charge in [-0.15, -0.1) is 0 Å². The molecule has 0 aliphatic rings. The van der Waals surface area contributed by atoms with E-state index in [9.17, 15) is 4.79 Å². The summed E-state index contributed by atoms with van der Waals surface area (Å²) in [4.78, 5) is 11.4. The summed E-state index contributed by atoms with van der Waals surface area (Å²) >= 11 is 3.50. The molecule has 0 unspecified atom stereocenters. The van der Waals surface area contributed by atoms with E-state index >= 15 is 0 Å². The van der Waals surface area contributed by atoms with E-state index in [4.69, 9.17) is 11.5 Å². The monoisotopic (exact) mass is 319 g/mol. The van der Waals surface area contributed by atoms with Crippen LogP contribution in [-0.2, 0) is 0 Å². The average molecular weight is 320 g/mol. The molecule has 0 spiro atoms. The minimum absolute atomic E-state index is 0.369. The molecule has 2 rings (SSSR count). The van der Waals surface area contributed by atoms with Crippen molar-refractivity contribution in [1.29, 1.82) is 0 Å². The molecule has 1 amide bonds. The van der Waals surface area contributed by atoms with Gasteiger partial charge in [0.05, 0.1) is 22.6 Å². The Kier molecular flexibility index (Phi) is 3.76. The summed E-state index contributed by atoms with van der Waals surface area (Å²) in [7, 11) is 0. The van der Waals surface area contributed by atoms with Gasteiger partial charge in [0.2, 0.25) is 0 Å². The molecule has 0 saturated carbocycles. The minimum Gasteiger partial charge on any atom is -0.397 e. The van der Waals surface area contributed by atoms with Crippen molar-refractivity contribution < 1.29 is 4.79 Å². The van der Waals surface area contributed by atoms with Gasteiger partial charge in [-0.3, -0.25) is 4.79 Å². The third kappa shape index (κ3) is 2.71. The van der Waals surface area contributed by atoms with E-state index in [1.165, 1.54) is 0 Å². The number of nitrogen functional groups attached to an aromatic ring is 1. The highest BCUT2D eigenvalue weighted by Gasteiger charge is 2.12. The second-order valence-corrected chi connectivity index (χ2v) is 4.99. The molecule has 0 atom stereocenters. The Morgan fingerprint density at radius 1 is 1.21 bits per heavy atom. The minimum atomic E-state index is -0.515. The van der Waals surface area contributed by atoms with Crippen LogP contribution in [0.4, 0.5) is 17.1 Å². The maximum atomic E-state index is 11.4. The van der Waals surface area contributed by atoms with Crippen LogP contribution in [0.1, 0.15) is 15.9 Å². The van der Waals surface area contributed by atoms with Crippen molar-refractivity contribution in [2.45, 2.75) is 6.92 Å². The number of primary amides is 1. The molecule has 0 fully saturated rings. The predicted octanol–water partition coefficient (Wildman–Crippen LogP) is 3.18. The van der Waals surface area contributed by atoms with Crippen LogP contribution in [0.2, 0.25) is 0 Å². The number of carbonyl (C=O) groups excluding carboxylic acids is 1. The summed E-state index contributed by atoms with van der Waals surface area (Å²) in [5.74, 6) is -0.515. The first-order chi connectivity index (χ1) is 9.00. The fraction of sp³-hybridized carbons (Fsp3) is 0.0714. The number of rotatable bonds is 3. The number of nitrogens with two attached hydrogens (primary N) is 2. The van der Waals surface area contributed by atoms with E-state index in [-0.39, 0.29) is 0 Å². The average Bonchev–Trinajstić information content (AvgIpc) is 2.36. The number of hydrogen-bond donors (Lipinski definition) is 3. The van der Waals surface area contributed by atoms with E-state index in [0.717, 1.165) is 15.7 Å². The Balaban J connectivity index is 2.49.